The van der Waals surface area contributed by atoms with Gasteiger partial charge in [0.15, 0.2) is 5.82 Å². The smallest absolute Gasteiger partial charge is 0.347 e. The molecule has 1 aliphatic heterocycles. The van der Waals surface area contributed by atoms with Gasteiger partial charge < -0.3 is 20.4 Å². The summed E-state index contributed by atoms with van der Waals surface area (Å²) in [6.07, 6.45) is 2.38. The van der Waals surface area contributed by atoms with Gasteiger partial charge in [0, 0.05) is 35.7 Å². The van der Waals surface area contributed by atoms with Crippen LogP contribution in [0.3, 0.4) is 0 Å². The first kappa shape index (κ1) is 20.0. The van der Waals surface area contributed by atoms with E-state index in [4.69, 9.17) is 10.5 Å². The van der Waals surface area contributed by atoms with E-state index in [2.05, 4.69) is 15.0 Å². The minimum absolute atomic E-state index is 0.0449. The fourth-order valence-electron chi connectivity index (χ4n) is 4.59. The van der Waals surface area contributed by atoms with Crippen molar-refractivity contribution in [2.75, 3.05) is 30.4 Å². The topological polar surface area (TPSA) is 121 Å². The van der Waals surface area contributed by atoms with Gasteiger partial charge in [-0.25, -0.2) is 13.6 Å². The summed E-state index contributed by atoms with van der Waals surface area (Å²) in [4.78, 5) is 25.3. The number of nitrogens with two attached hydrogens (primary N) is 1. The van der Waals surface area contributed by atoms with Crippen LogP contribution in [0.15, 0.2) is 23.1 Å². The van der Waals surface area contributed by atoms with Crippen molar-refractivity contribution in [3.05, 3.63) is 46.0 Å². The molecule has 2 aliphatic rings. The summed E-state index contributed by atoms with van der Waals surface area (Å²) in [5.41, 5.74) is 5.35. The zero-order chi connectivity index (χ0) is 22.9. The number of H-pyrrole nitrogens is 1. The van der Waals surface area contributed by atoms with Crippen LogP contribution in [0.25, 0.3) is 32.2 Å². The van der Waals surface area contributed by atoms with Gasteiger partial charge in [0.25, 0.3) is 0 Å². The Morgan fingerprint density at radius 1 is 1.36 bits per heavy atom. The highest BCUT2D eigenvalue weighted by Gasteiger charge is 2.44. The van der Waals surface area contributed by atoms with Gasteiger partial charge in [-0.1, -0.05) is 0 Å². The summed E-state index contributed by atoms with van der Waals surface area (Å²) in [5.74, 6) is -0.614. The minimum atomic E-state index is -0.784. The molecule has 3 aromatic heterocycles. The van der Waals surface area contributed by atoms with Crippen molar-refractivity contribution in [1.29, 1.82) is 5.26 Å². The maximum absolute atomic E-state index is 15.8. The third-order valence-electron chi connectivity index (χ3n) is 6.25. The molecule has 2 atom stereocenters. The Hall–Kier alpha value is -3.62. The highest BCUT2D eigenvalue weighted by atomic mass is 32.1. The molecule has 0 radical (unpaired) electrons. The number of nitrogens with zero attached hydrogens (tertiary/aromatic N) is 4. The van der Waals surface area contributed by atoms with E-state index in [9.17, 15) is 14.4 Å². The van der Waals surface area contributed by atoms with Crippen molar-refractivity contribution in [3.63, 3.8) is 0 Å². The number of ether oxygens (including phenoxy) is 1. The molecule has 4 heterocycles. The number of pyridine rings is 1. The fraction of sp³-hybridized carbons (Fsp3) is 0.273. The van der Waals surface area contributed by atoms with Gasteiger partial charge in [-0.3, -0.25) is 4.98 Å². The molecule has 2 fully saturated rings. The number of aromatic amines is 1. The van der Waals surface area contributed by atoms with Crippen LogP contribution in [0.4, 0.5) is 19.6 Å². The van der Waals surface area contributed by atoms with Crippen LogP contribution in [0.2, 0.25) is 0 Å². The van der Waals surface area contributed by atoms with E-state index in [1.54, 1.807) is 0 Å². The maximum atomic E-state index is 15.8. The standard InChI is InChI=1S/C22H16F2N6O2S/c23-13-2-1-10(15-11(6-25)20(26)33-19(13)15)17-16(24)18-12(7-27-17)21(29-22(31)28-18)30-3-4-32-8-9-5-14(9)30/h1-2,7,9,14H,3-5,8,26H2,(H,28,29,31)/t9-,14-/m0/s1. The summed E-state index contributed by atoms with van der Waals surface area (Å²) in [5, 5.41) is 10.3. The lowest BCUT2D eigenvalue weighted by atomic mass is 10.0. The number of anilines is 2. The number of nitriles is 1. The van der Waals surface area contributed by atoms with Crippen molar-refractivity contribution in [2.45, 2.75) is 12.5 Å². The fourth-order valence-corrected chi connectivity index (χ4v) is 5.54. The van der Waals surface area contributed by atoms with Gasteiger partial charge in [-0.2, -0.15) is 10.2 Å². The molecule has 8 nitrogen and oxygen atoms in total. The van der Waals surface area contributed by atoms with Crippen molar-refractivity contribution in [1.82, 2.24) is 15.0 Å². The average Bonchev–Trinajstić information content (AvgIpc) is 3.50. The molecule has 166 valence electrons. The molecular formula is C22H16F2N6O2S. The normalized spacial score (nSPS) is 20.0. The van der Waals surface area contributed by atoms with E-state index in [0.717, 1.165) is 17.8 Å². The maximum Gasteiger partial charge on any atom is 0.347 e. The molecule has 0 spiro atoms. The highest BCUT2D eigenvalue weighted by molar-refractivity contribution is 7.23. The number of hydrogen-bond donors (Lipinski definition) is 2. The number of fused-ring (bicyclic) bond motifs is 3. The monoisotopic (exact) mass is 466 g/mol. The largest absolute Gasteiger partial charge is 0.389 e. The summed E-state index contributed by atoms with van der Waals surface area (Å²) in [6.45, 7) is 1.68. The van der Waals surface area contributed by atoms with Crippen LogP contribution in [0, 0.1) is 28.9 Å². The number of hydrogen-bond acceptors (Lipinski definition) is 8. The van der Waals surface area contributed by atoms with E-state index < -0.39 is 17.3 Å². The van der Waals surface area contributed by atoms with Gasteiger partial charge in [-0.15, -0.1) is 11.3 Å². The number of aromatic nitrogens is 3. The molecule has 11 heteroatoms. The van der Waals surface area contributed by atoms with E-state index >= 15 is 4.39 Å². The second-order valence-electron chi connectivity index (χ2n) is 8.16. The Labute approximate surface area is 189 Å². The van der Waals surface area contributed by atoms with Gasteiger partial charge >= 0.3 is 5.69 Å². The summed E-state index contributed by atoms with van der Waals surface area (Å²) >= 11 is 0.923. The van der Waals surface area contributed by atoms with Gasteiger partial charge in [0.2, 0.25) is 0 Å². The van der Waals surface area contributed by atoms with Gasteiger partial charge in [0.05, 0.1) is 34.4 Å². The second-order valence-corrected chi connectivity index (χ2v) is 9.21. The van der Waals surface area contributed by atoms with Gasteiger partial charge in [-0.05, 0) is 18.6 Å². The summed E-state index contributed by atoms with van der Waals surface area (Å²) < 4.78 is 36.0. The first-order chi connectivity index (χ1) is 16.0. The molecule has 6 rings (SSSR count). The van der Waals surface area contributed by atoms with E-state index in [0.29, 0.717) is 36.9 Å². The molecule has 0 unspecified atom stereocenters. The van der Waals surface area contributed by atoms with Gasteiger partial charge in [0.1, 0.15) is 28.4 Å². The third-order valence-corrected chi connectivity index (χ3v) is 7.28. The van der Waals surface area contributed by atoms with Crippen molar-refractivity contribution >= 4 is 43.1 Å². The Morgan fingerprint density at radius 2 is 2.21 bits per heavy atom. The first-order valence-corrected chi connectivity index (χ1v) is 11.1. The average molecular weight is 466 g/mol. The lowest BCUT2D eigenvalue weighted by Crippen LogP contribution is -2.32. The molecule has 4 aromatic rings. The van der Waals surface area contributed by atoms with E-state index in [-0.39, 0.29) is 43.5 Å². The zero-order valence-corrected chi connectivity index (χ0v) is 17.9. The number of nitrogen functional groups attached to an aromatic ring is 1. The van der Waals surface area contributed by atoms with E-state index in [1.807, 2.05) is 11.0 Å². The Kier molecular flexibility index (Phi) is 4.36. The van der Waals surface area contributed by atoms with E-state index in [1.165, 1.54) is 18.3 Å². The number of benzene rings is 1. The molecular weight excluding hydrogens is 450 g/mol. The first-order valence-electron chi connectivity index (χ1n) is 10.3. The van der Waals surface area contributed by atoms with Crippen molar-refractivity contribution in [3.8, 4) is 17.3 Å². The number of halogens is 2. The van der Waals surface area contributed by atoms with Crippen LogP contribution in [-0.2, 0) is 4.74 Å². The van der Waals surface area contributed by atoms with Crippen LogP contribution >= 0.6 is 11.3 Å². The lowest BCUT2D eigenvalue weighted by molar-refractivity contribution is 0.139. The Balaban J connectivity index is 1.59. The molecule has 1 saturated carbocycles. The number of thiophene rings is 1. The zero-order valence-electron chi connectivity index (χ0n) is 17.1. The van der Waals surface area contributed by atoms with Crippen molar-refractivity contribution < 1.29 is 13.5 Å². The van der Waals surface area contributed by atoms with Crippen LogP contribution in [0.5, 0.6) is 0 Å². The SMILES string of the molecule is N#Cc1c(N)sc2c(F)ccc(-c3ncc4c(N5CCOC[C@@H]6C[C@@H]65)nc(=O)[nH]c4c3F)c12. The van der Waals surface area contributed by atoms with Crippen LogP contribution in [0.1, 0.15) is 12.0 Å². The molecule has 33 heavy (non-hydrogen) atoms. The van der Waals surface area contributed by atoms with Crippen LogP contribution < -0.4 is 16.3 Å². The highest BCUT2D eigenvalue weighted by Crippen LogP contribution is 2.43. The Bertz CT molecular complexity index is 1560. The van der Waals surface area contributed by atoms with Crippen molar-refractivity contribution in [2.24, 2.45) is 5.92 Å². The molecule has 0 bridgehead atoms. The predicted molar refractivity (Wildman–Crippen MR) is 120 cm³/mol. The molecule has 3 N–H and O–H groups in total. The summed E-state index contributed by atoms with van der Waals surface area (Å²) in [6, 6.07) is 4.71. The minimum Gasteiger partial charge on any atom is -0.389 e. The molecule has 0 amide bonds. The second kappa shape index (κ2) is 7.19. The molecule has 1 aromatic carbocycles. The molecule has 1 aliphatic carbocycles. The quantitative estimate of drug-likeness (QED) is 0.465. The number of nitrogens with one attached hydrogen (secondary N) is 1. The number of rotatable bonds is 2. The molecule has 1 saturated heterocycles. The lowest BCUT2D eigenvalue weighted by Gasteiger charge is -2.23. The third kappa shape index (κ3) is 2.98. The van der Waals surface area contributed by atoms with Crippen LogP contribution in [-0.4, -0.2) is 40.8 Å². The predicted octanol–water partition coefficient (Wildman–Crippen LogP) is 3.16. The summed E-state index contributed by atoms with van der Waals surface area (Å²) in [7, 11) is 0. The Morgan fingerprint density at radius 3 is 3.03 bits per heavy atom.